The van der Waals surface area contributed by atoms with Gasteiger partial charge in [0.05, 0.1) is 6.61 Å². The molecule has 1 aliphatic rings. The van der Waals surface area contributed by atoms with Gasteiger partial charge in [0.25, 0.3) is 0 Å². The summed E-state index contributed by atoms with van der Waals surface area (Å²) < 4.78 is 45.2. The van der Waals surface area contributed by atoms with Crippen molar-refractivity contribution in [2.75, 3.05) is 13.2 Å². The number of hydrogen-bond donors (Lipinski definition) is 1. The van der Waals surface area contributed by atoms with Crippen molar-refractivity contribution in [3.8, 4) is 5.75 Å². The Kier molecular flexibility index (Phi) is 4.31. The van der Waals surface area contributed by atoms with Crippen LogP contribution in [0.3, 0.4) is 0 Å². The molecule has 1 fully saturated rings. The molecule has 2 atom stereocenters. The van der Waals surface area contributed by atoms with Crippen LogP contribution in [-0.4, -0.2) is 25.6 Å². The van der Waals surface area contributed by atoms with Crippen molar-refractivity contribution in [3.63, 3.8) is 0 Å². The molecule has 106 valence electrons. The molecule has 2 unspecified atom stereocenters. The Bertz CT molecular complexity index is 405. The van der Waals surface area contributed by atoms with E-state index in [1.807, 2.05) is 0 Å². The molecule has 1 aliphatic heterocycles. The molecule has 1 saturated heterocycles. The molecule has 6 heteroatoms. The fourth-order valence-electron chi connectivity index (χ4n) is 2.15. The summed E-state index contributed by atoms with van der Waals surface area (Å²) in [6.07, 6.45) is -3.13. The molecule has 19 heavy (non-hydrogen) atoms. The zero-order valence-corrected chi connectivity index (χ0v) is 10.3. The van der Waals surface area contributed by atoms with E-state index in [-0.39, 0.29) is 17.7 Å². The van der Waals surface area contributed by atoms with Crippen molar-refractivity contribution >= 4 is 0 Å². The second kappa shape index (κ2) is 5.79. The first-order valence-electron chi connectivity index (χ1n) is 6.12. The lowest BCUT2D eigenvalue weighted by Crippen LogP contribution is -2.39. The largest absolute Gasteiger partial charge is 0.573 e. The van der Waals surface area contributed by atoms with Gasteiger partial charge in [-0.05, 0) is 30.5 Å². The minimum absolute atomic E-state index is 0.0832. The van der Waals surface area contributed by atoms with Crippen LogP contribution in [0.15, 0.2) is 24.3 Å². The first-order valence-corrected chi connectivity index (χ1v) is 6.12. The molecule has 0 amide bonds. The second-order valence-corrected chi connectivity index (χ2v) is 4.68. The summed E-state index contributed by atoms with van der Waals surface area (Å²) in [6.45, 7) is 1.28. The van der Waals surface area contributed by atoms with E-state index >= 15 is 0 Å². The van der Waals surface area contributed by atoms with Crippen LogP contribution in [0.2, 0.25) is 0 Å². The lowest BCUT2D eigenvalue weighted by atomic mass is 9.90. The highest BCUT2D eigenvalue weighted by Gasteiger charge is 2.31. The van der Waals surface area contributed by atoms with Gasteiger partial charge in [-0.1, -0.05) is 12.1 Å². The molecule has 1 aromatic rings. The minimum atomic E-state index is -4.65. The predicted molar refractivity (Wildman–Crippen MR) is 63.7 cm³/mol. The standard InChI is InChI=1S/C13H16F3NO2/c14-13(15,16)19-11-3-1-9(2-4-11)7-10-8-18-6-5-12(10)17/h1-4,10,12H,5-8,17H2. The Morgan fingerprint density at radius 3 is 2.53 bits per heavy atom. The predicted octanol–water partition coefficient (Wildman–Crippen LogP) is 2.49. The van der Waals surface area contributed by atoms with E-state index in [0.717, 1.165) is 12.0 Å². The number of nitrogens with two attached hydrogens (primary N) is 1. The van der Waals surface area contributed by atoms with E-state index < -0.39 is 6.36 Å². The van der Waals surface area contributed by atoms with Crippen LogP contribution in [0, 0.1) is 5.92 Å². The molecule has 3 nitrogen and oxygen atoms in total. The van der Waals surface area contributed by atoms with Gasteiger partial charge >= 0.3 is 6.36 Å². The first-order chi connectivity index (χ1) is 8.94. The molecular formula is C13H16F3NO2. The van der Waals surface area contributed by atoms with Crippen LogP contribution >= 0.6 is 0 Å². The van der Waals surface area contributed by atoms with E-state index in [1.54, 1.807) is 12.1 Å². The fraction of sp³-hybridized carbons (Fsp3) is 0.538. The van der Waals surface area contributed by atoms with Crippen LogP contribution in [-0.2, 0) is 11.2 Å². The Balaban J connectivity index is 1.94. The molecular weight excluding hydrogens is 259 g/mol. The van der Waals surface area contributed by atoms with E-state index in [1.165, 1.54) is 12.1 Å². The molecule has 0 aliphatic carbocycles. The zero-order valence-electron chi connectivity index (χ0n) is 10.3. The molecule has 2 rings (SSSR count). The first kappa shape index (κ1) is 14.1. The monoisotopic (exact) mass is 275 g/mol. The normalized spacial score (nSPS) is 24.2. The summed E-state index contributed by atoms with van der Waals surface area (Å²) in [5, 5.41) is 0. The lowest BCUT2D eigenvalue weighted by Gasteiger charge is -2.28. The maximum absolute atomic E-state index is 12.0. The average molecular weight is 275 g/mol. The fourth-order valence-corrected chi connectivity index (χ4v) is 2.15. The summed E-state index contributed by atoms with van der Waals surface area (Å²) in [7, 11) is 0. The smallest absolute Gasteiger partial charge is 0.406 e. The van der Waals surface area contributed by atoms with E-state index in [9.17, 15) is 13.2 Å². The van der Waals surface area contributed by atoms with E-state index in [4.69, 9.17) is 10.5 Å². The van der Waals surface area contributed by atoms with Crippen molar-refractivity contribution in [1.29, 1.82) is 0 Å². The Morgan fingerprint density at radius 1 is 1.26 bits per heavy atom. The topological polar surface area (TPSA) is 44.5 Å². The number of rotatable bonds is 3. The SMILES string of the molecule is NC1CCOCC1Cc1ccc(OC(F)(F)F)cc1. The molecule has 0 radical (unpaired) electrons. The van der Waals surface area contributed by atoms with Gasteiger partial charge in [0.1, 0.15) is 5.75 Å². The minimum Gasteiger partial charge on any atom is -0.406 e. The number of alkyl halides is 3. The van der Waals surface area contributed by atoms with Gasteiger partial charge in [-0.2, -0.15) is 0 Å². The highest BCUT2D eigenvalue weighted by atomic mass is 19.4. The van der Waals surface area contributed by atoms with Gasteiger partial charge in [-0.15, -0.1) is 13.2 Å². The van der Waals surface area contributed by atoms with Crippen molar-refractivity contribution in [1.82, 2.24) is 0 Å². The lowest BCUT2D eigenvalue weighted by molar-refractivity contribution is -0.274. The average Bonchev–Trinajstić information content (AvgIpc) is 2.33. The molecule has 0 spiro atoms. The van der Waals surface area contributed by atoms with Gasteiger partial charge in [0.15, 0.2) is 0 Å². The summed E-state index contributed by atoms with van der Waals surface area (Å²) in [5.74, 6) is 0.00331. The van der Waals surface area contributed by atoms with Crippen molar-refractivity contribution < 1.29 is 22.6 Å². The molecule has 0 bridgehead atoms. The van der Waals surface area contributed by atoms with Gasteiger partial charge in [-0.25, -0.2) is 0 Å². The van der Waals surface area contributed by atoms with Crippen molar-refractivity contribution in [2.24, 2.45) is 11.7 Å². The van der Waals surface area contributed by atoms with Gasteiger partial charge in [0, 0.05) is 18.6 Å². The highest BCUT2D eigenvalue weighted by Crippen LogP contribution is 2.24. The van der Waals surface area contributed by atoms with Gasteiger partial charge in [0.2, 0.25) is 0 Å². The molecule has 0 saturated carbocycles. The number of hydrogen-bond acceptors (Lipinski definition) is 3. The zero-order chi connectivity index (χ0) is 13.9. The summed E-state index contributed by atoms with van der Waals surface area (Å²) in [5.41, 5.74) is 6.92. The summed E-state index contributed by atoms with van der Waals surface area (Å²) in [4.78, 5) is 0. The summed E-state index contributed by atoms with van der Waals surface area (Å²) in [6, 6.07) is 5.97. The van der Waals surface area contributed by atoms with Crippen molar-refractivity contribution in [3.05, 3.63) is 29.8 Å². The van der Waals surface area contributed by atoms with Crippen LogP contribution in [0.4, 0.5) is 13.2 Å². The van der Waals surface area contributed by atoms with Gasteiger partial charge in [-0.3, -0.25) is 0 Å². The third-order valence-corrected chi connectivity index (χ3v) is 3.19. The molecule has 1 heterocycles. The second-order valence-electron chi connectivity index (χ2n) is 4.68. The third kappa shape index (κ3) is 4.40. The molecule has 1 aromatic carbocycles. The van der Waals surface area contributed by atoms with E-state index in [2.05, 4.69) is 4.74 Å². The van der Waals surface area contributed by atoms with Crippen LogP contribution in [0.5, 0.6) is 5.75 Å². The third-order valence-electron chi connectivity index (χ3n) is 3.19. The highest BCUT2D eigenvalue weighted by molar-refractivity contribution is 5.27. The number of halogens is 3. The van der Waals surface area contributed by atoms with Crippen LogP contribution in [0.25, 0.3) is 0 Å². The Labute approximate surface area is 109 Å². The van der Waals surface area contributed by atoms with Crippen LogP contribution in [0.1, 0.15) is 12.0 Å². The quantitative estimate of drug-likeness (QED) is 0.921. The Hall–Kier alpha value is -1.27. The molecule has 0 aromatic heterocycles. The Morgan fingerprint density at radius 2 is 1.95 bits per heavy atom. The number of ether oxygens (including phenoxy) is 2. The van der Waals surface area contributed by atoms with Gasteiger partial charge < -0.3 is 15.2 Å². The van der Waals surface area contributed by atoms with Crippen LogP contribution < -0.4 is 10.5 Å². The summed E-state index contributed by atoms with van der Waals surface area (Å²) >= 11 is 0. The maximum Gasteiger partial charge on any atom is 0.573 e. The molecule has 2 N–H and O–H groups in total. The van der Waals surface area contributed by atoms with E-state index in [0.29, 0.717) is 19.6 Å². The maximum atomic E-state index is 12.0. The van der Waals surface area contributed by atoms with Crippen molar-refractivity contribution in [2.45, 2.75) is 25.2 Å². The number of benzene rings is 1.